The van der Waals surface area contributed by atoms with Crippen molar-refractivity contribution in [1.82, 2.24) is 14.2 Å². The van der Waals surface area contributed by atoms with Crippen LogP contribution in [0.2, 0.25) is 0 Å². The first-order chi connectivity index (χ1) is 15.0. The van der Waals surface area contributed by atoms with Gasteiger partial charge in [0, 0.05) is 25.5 Å². The number of aromatic nitrogens is 1. The molecular formula is C25H31N3O2S. The van der Waals surface area contributed by atoms with Crippen LogP contribution >= 0.6 is 0 Å². The molecule has 0 radical (unpaired) electrons. The molecule has 1 aliphatic heterocycles. The van der Waals surface area contributed by atoms with Gasteiger partial charge in [-0.05, 0) is 61.3 Å². The van der Waals surface area contributed by atoms with Crippen molar-refractivity contribution in [2.45, 2.75) is 36.6 Å². The zero-order valence-electron chi connectivity index (χ0n) is 18.1. The van der Waals surface area contributed by atoms with E-state index in [1.54, 1.807) is 12.1 Å². The Hall–Kier alpha value is -2.41. The Morgan fingerprint density at radius 3 is 2.10 bits per heavy atom. The van der Waals surface area contributed by atoms with Crippen molar-refractivity contribution in [2.75, 3.05) is 19.6 Å². The number of aryl methyl sites for hydroxylation is 1. The summed E-state index contributed by atoms with van der Waals surface area (Å²) in [5.41, 5.74) is 3.22. The Balaban J connectivity index is 1.51. The van der Waals surface area contributed by atoms with Crippen LogP contribution in [0.3, 0.4) is 0 Å². The first kappa shape index (κ1) is 21.8. The highest BCUT2D eigenvalue weighted by molar-refractivity contribution is 7.89. The molecule has 0 spiro atoms. The lowest BCUT2D eigenvalue weighted by molar-refractivity contribution is 0.199. The molecule has 31 heavy (non-hydrogen) atoms. The molecule has 0 saturated carbocycles. The molecule has 5 nitrogen and oxygen atoms in total. The number of hydrogen-bond acceptors (Lipinski definition) is 3. The lowest BCUT2D eigenvalue weighted by atomic mass is 10.1. The second-order valence-corrected chi connectivity index (χ2v) is 10.0. The van der Waals surface area contributed by atoms with Crippen LogP contribution < -0.4 is 4.72 Å². The first-order valence-corrected chi connectivity index (χ1v) is 12.5. The van der Waals surface area contributed by atoms with E-state index >= 15 is 0 Å². The summed E-state index contributed by atoms with van der Waals surface area (Å²) >= 11 is 0. The third kappa shape index (κ3) is 5.26. The zero-order valence-corrected chi connectivity index (χ0v) is 18.9. The van der Waals surface area contributed by atoms with Gasteiger partial charge in [-0.25, -0.2) is 13.1 Å². The largest absolute Gasteiger partial charge is 0.353 e. The number of sulfonamides is 1. The van der Waals surface area contributed by atoms with Gasteiger partial charge in [0.1, 0.15) is 0 Å². The topological polar surface area (TPSA) is 54.3 Å². The quantitative estimate of drug-likeness (QED) is 0.588. The normalized spacial score (nSPS) is 16.7. The Labute approximate surface area is 185 Å². The van der Waals surface area contributed by atoms with Gasteiger partial charge in [-0.1, -0.05) is 55.3 Å². The average Bonchev–Trinajstić information content (AvgIpc) is 3.04. The van der Waals surface area contributed by atoms with E-state index < -0.39 is 10.0 Å². The molecule has 0 amide bonds. The van der Waals surface area contributed by atoms with Crippen LogP contribution in [-0.4, -0.2) is 37.5 Å². The van der Waals surface area contributed by atoms with Crippen molar-refractivity contribution in [1.29, 1.82) is 0 Å². The molecule has 0 aliphatic carbocycles. The molecule has 3 aromatic rings. The van der Waals surface area contributed by atoms with Crippen LogP contribution in [0.5, 0.6) is 0 Å². The second-order valence-electron chi connectivity index (χ2n) is 8.25. The molecule has 1 aromatic heterocycles. The summed E-state index contributed by atoms with van der Waals surface area (Å²) in [6, 6.07) is 21.2. The summed E-state index contributed by atoms with van der Waals surface area (Å²) in [6.45, 7) is 2.37. The Bertz CT molecular complexity index is 1070. The van der Waals surface area contributed by atoms with Gasteiger partial charge in [0.05, 0.1) is 10.9 Å². The fourth-order valence-electron chi connectivity index (χ4n) is 4.38. The lowest BCUT2D eigenvalue weighted by Gasteiger charge is -2.31. The number of hydrogen-bond donors (Lipinski definition) is 1. The van der Waals surface area contributed by atoms with Gasteiger partial charge < -0.3 is 4.57 Å². The summed E-state index contributed by atoms with van der Waals surface area (Å²) in [6.07, 6.45) is 6.84. The number of rotatable bonds is 7. The van der Waals surface area contributed by atoms with Crippen molar-refractivity contribution >= 4 is 10.0 Å². The molecular weight excluding hydrogens is 406 g/mol. The molecule has 6 heteroatoms. The van der Waals surface area contributed by atoms with Crippen molar-refractivity contribution in [3.05, 3.63) is 78.6 Å². The van der Waals surface area contributed by atoms with Crippen LogP contribution in [0, 0.1) is 0 Å². The fourth-order valence-corrected chi connectivity index (χ4v) is 5.42. The number of nitrogens with zero attached hydrogens (tertiary/aromatic N) is 2. The van der Waals surface area contributed by atoms with E-state index in [2.05, 4.69) is 20.3 Å². The van der Waals surface area contributed by atoms with Crippen LogP contribution in [0.1, 0.15) is 37.4 Å². The maximum atomic E-state index is 13.1. The van der Waals surface area contributed by atoms with Crippen LogP contribution in [0.25, 0.3) is 11.1 Å². The minimum absolute atomic E-state index is 0.0245. The fraction of sp³-hybridized carbons (Fsp3) is 0.360. The Kier molecular flexibility index (Phi) is 6.90. The van der Waals surface area contributed by atoms with Crippen molar-refractivity contribution < 1.29 is 8.42 Å². The molecule has 164 valence electrons. The van der Waals surface area contributed by atoms with E-state index in [-0.39, 0.29) is 6.04 Å². The minimum atomic E-state index is -3.59. The average molecular weight is 438 g/mol. The molecule has 0 bridgehead atoms. The summed E-state index contributed by atoms with van der Waals surface area (Å²) in [5.74, 6) is 0. The third-order valence-electron chi connectivity index (χ3n) is 6.15. The predicted molar refractivity (Wildman–Crippen MR) is 125 cm³/mol. The van der Waals surface area contributed by atoms with E-state index in [0.717, 1.165) is 42.8 Å². The van der Waals surface area contributed by atoms with Gasteiger partial charge in [-0.2, -0.15) is 0 Å². The second kappa shape index (κ2) is 9.81. The van der Waals surface area contributed by atoms with Gasteiger partial charge in [0.2, 0.25) is 10.0 Å². The summed E-state index contributed by atoms with van der Waals surface area (Å²) < 4.78 is 31.1. The molecule has 1 N–H and O–H groups in total. The van der Waals surface area contributed by atoms with Crippen LogP contribution in [-0.2, 0) is 17.1 Å². The van der Waals surface area contributed by atoms with Gasteiger partial charge >= 0.3 is 0 Å². The number of benzene rings is 2. The van der Waals surface area contributed by atoms with Gasteiger partial charge in [-0.3, -0.25) is 4.90 Å². The van der Waals surface area contributed by atoms with Gasteiger partial charge in [0.25, 0.3) is 0 Å². The standard InChI is InChI=1S/C25H31N3O2S/c1-27-17-9-12-24(27)25(28-18-7-2-3-8-19-28)20-26-31(29,30)23-15-13-22(14-16-23)21-10-5-4-6-11-21/h4-6,9-17,25-26H,2-3,7-8,18-20H2,1H3. The highest BCUT2D eigenvalue weighted by Gasteiger charge is 2.25. The summed E-state index contributed by atoms with van der Waals surface area (Å²) in [5, 5.41) is 0. The maximum Gasteiger partial charge on any atom is 0.240 e. The molecule has 1 aliphatic rings. The highest BCUT2D eigenvalue weighted by Crippen LogP contribution is 2.25. The molecule has 1 saturated heterocycles. The third-order valence-corrected chi connectivity index (χ3v) is 7.58. The molecule has 2 aromatic carbocycles. The van der Waals surface area contributed by atoms with E-state index in [4.69, 9.17) is 0 Å². The molecule has 2 heterocycles. The van der Waals surface area contributed by atoms with Gasteiger partial charge in [-0.15, -0.1) is 0 Å². The van der Waals surface area contributed by atoms with E-state index in [0.29, 0.717) is 11.4 Å². The molecule has 1 fully saturated rings. The van der Waals surface area contributed by atoms with Crippen LogP contribution in [0.15, 0.2) is 77.8 Å². The zero-order chi connectivity index (χ0) is 21.7. The number of nitrogens with one attached hydrogen (secondary N) is 1. The smallest absolute Gasteiger partial charge is 0.240 e. The lowest BCUT2D eigenvalue weighted by Crippen LogP contribution is -2.39. The Morgan fingerprint density at radius 1 is 0.839 bits per heavy atom. The minimum Gasteiger partial charge on any atom is -0.353 e. The summed E-state index contributed by atoms with van der Waals surface area (Å²) in [4.78, 5) is 2.73. The van der Waals surface area contributed by atoms with E-state index in [1.165, 1.54) is 12.8 Å². The van der Waals surface area contributed by atoms with E-state index in [9.17, 15) is 8.42 Å². The predicted octanol–water partition coefficient (Wildman–Crippen LogP) is 4.59. The van der Waals surface area contributed by atoms with E-state index in [1.807, 2.05) is 61.8 Å². The van der Waals surface area contributed by atoms with Crippen LogP contribution in [0.4, 0.5) is 0 Å². The maximum absolute atomic E-state index is 13.1. The van der Waals surface area contributed by atoms with Gasteiger partial charge in [0.15, 0.2) is 0 Å². The first-order valence-electron chi connectivity index (χ1n) is 11.0. The molecule has 1 atom stereocenters. The number of likely N-dealkylation sites (tertiary alicyclic amines) is 1. The monoisotopic (exact) mass is 437 g/mol. The van der Waals surface area contributed by atoms with Crippen molar-refractivity contribution in [3.8, 4) is 11.1 Å². The molecule has 1 unspecified atom stereocenters. The highest BCUT2D eigenvalue weighted by atomic mass is 32.2. The van der Waals surface area contributed by atoms with Crippen molar-refractivity contribution in [2.24, 2.45) is 7.05 Å². The SMILES string of the molecule is Cn1cccc1C(CNS(=O)(=O)c1ccc(-c2ccccc2)cc1)N1CCCCCC1. The molecule has 4 rings (SSSR count). The van der Waals surface area contributed by atoms with Crippen molar-refractivity contribution in [3.63, 3.8) is 0 Å². The Morgan fingerprint density at radius 2 is 1.48 bits per heavy atom. The summed E-state index contributed by atoms with van der Waals surface area (Å²) in [7, 11) is -1.57.